The van der Waals surface area contributed by atoms with Crippen molar-refractivity contribution in [3.8, 4) is 0 Å². The topological polar surface area (TPSA) is 52.6 Å². The van der Waals surface area contributed by atoms with Crippen molar-refractivity contribution in [2.24, 2.45) is 5.92 Å². The van der Waals surface area contributed by atoms with Gasteiger partial charge >= 0.3 is 0 Å². The summed E-state index contributed by atoms with van der Waals surface area (Å²) in [4.78, 5) is 14.0. The van der Waals surface area contributed by atoms with E-state index in [0.29, 0.717) is 5.92 Å². The molecule has 0 aromatic rings. The van der Waals surface area contributed by atoms with Crippen molar-refractivity contribution in [2.45, 2.75) is 45.7 Å². The molecule has 1 fully saturated rings. The van der Waals surface area contributed by atoms with Crippen molar-refractivity contribution in [2.75, 3.05) is 19.7 Å². The third kappa shape index (κ3) is 3.46. The van der Waals surface area contributed by atoms with E-state index >= 15 is 0 Å². The molecule has 3 unspecified atom stereocenters. The van der Waals surface area contributed by atoms with Crippen molar-refractivity contribution < 1.29 is 9.90 Å². The predicted octanol–water partition coefficient (Wildman–Crippen LogP) is 0.604. The van der Waals surface area contributed by atoms with Gasteiger partial charge in [0, 0.05) is 19.2 Å². The van der Waals surface area contributed by atoms with Gasteiger partial charge in [-0.15, -0.1) is 0 Å². The van der Waals surface area contributed by atoms with Gasteiger partial charge in [0.25, 0.3) is 0 Å². The Labute approximate surface area is 98.0 Å². The van der Waals surface area contributed by atoms with Crippen molar-refractivity contribution >= 4 is 5.91 Å². The standard InChI is InChI=1S/C12H24N2O2/c1-4-9(2)13-12(16)10(3)14-6-5-11(7-14)8-15/h9-11,15H,4-8H2,1-3H3,(H,13,16). The Kier molecular flexibility index (Phi) is 5.22. The Bertz CT molecular complexity index is 233. The molecule has 94 valence electrons. The van der Waals surface area contributed by atoms with E-state index in [1.54, 1.807) is 0 Å². The minimum atomic E-state index is -0.0782. The van der Waals surface area contributed by atoms with Crippen LogP contribution in [0.5, 0.6) is 0 Å². The summed E-state index contributed by atoms with van der Waals surface area (Å²) in [6.07, 6.45) is 1.95. The van der Waals surface area contributed by atoms with Gasteiger partial charge in [0.2, 0.25) is 5.91 Å². The molecule has 2 N–H and O–H groups in total. The maximum atomic E-state index is 11.9. The highest BCUT2D eigenvalue weighted by Crippen LogP contribution is 2.17. The monoisotopic (exact) mass is 228 g/mol. The summed E-state index contributed by atoms with van der Waals surface area (Å²) in [6, 6.07) is 0.164. The first-order valence-corrected chi connectivity index (χ1v) is 6.23. The Balaban J connectivity index is 2.39. The quantitative estimate of drug-likeness (QED) is 0.724. The van der Waals surface area contributed by atoms with Gasteiger partial charge in [0.15, 0.2) is 0 Å². The van der Waals surface area contributed by atoms with Crippen LogP contribution in [-0.2, 0) is 4.79 Å². The number of aliphatic hydroxyl groups excluding tert-OH is 1. The molecule has 3 atom stereocenters. The minimum Gasteiger partial charge on any atom is -0.396 e. The fraction of sp³-hybridized carbons (Fsp3) is 0.917. The average Bonchev–Trinajstić information content (AvgIpc) is 2.76. The maximum Gasteiger partial charge on any atom is 0.237 e. The van der Waals surface area contributed by atoms with E-state index in [9.17, 15) is 4.79 Å². The molecule has 1 aliphatic rings. The Morgan fingerprint density at radius 1 is 1.56 bits per heavy atom. The number of aliphatic hydroxyl groups is 1. The van der Waals surface area contributed by atoms with Gasteiger partial charge in [0.1, 0.15) is 0 Å². The van der Waals surface area contributed by atoms with Crippen LogP contribution in [0.1, 0.15) is 33.6 Å². The van der Waals surface area contributed by atoms with Crippen LogP contribution < -0.4 is 5.32 Å². The average molecular weight is 228 g/mol. The summed E-state index contributed by atoms with van der Waals surface area (Å²) in [5.41, 5.74) is 0. The number of hydrogen-bond acceptors (Lipinski definition) is 3. The van der Waals surface area contributed by atoms with Crippen LogP contribution >= 0.6 is 0 Å². The van der Waals surface area contributed by atoms with E-state index in [0.717, 1.165) is 25.9 Å². The summed E-state index contributed by atoms with van der Waals surface area (Å²) in [6.45, 7) is 8.01. The molecule has 4 heteroatoms. The molecule has 1 saturated heterocycles. The second-order valence-corrected chi connectivity index (χ2v) is 4.83. The van der Waals surface area contributed by atoms with E-state index < -0.39 is 0 Å². The molecular formula is C12H24N2O2. The van der Waals surface area contributed by atoms with Crippen LogP contribution in [0.2, 0.25) is 0 Å². The molecule has 1 amide bonds. The summed E-state index contributed by atoms with van der Waals surface area (Å²) >= 11 is 0. The molecule has 1 rings (SSSR count). The Morgan fingerprint density at radius 3 is 2.75 bits per heavy atom. The van der Waals surface area contributed by atoms with Crippen LogP contribution in [0, 0.1) is 5.92 Å². The van der Waals surface area contributed by atoms with Crippen molar-refractivity contribution in [1.82, 2.24) is 10.2 Å². The van der Waals surface area contributed by atoms with Gasteiger partial charge in [-0.05, 0) is 39.2 Å². The normalized spacial score (nSPS) is 25.4. The third-order valence-electron chi connectivity index (χ3n) is 3.50. The molecule has 1 heterocycles. The van der Waals surface area contributed by atoms with Gasteiger partial charge < -0.3 is 10.4 Å². The SMILES string of the molecule is CCC(C)NC(=O)C(C)N1CCC(CO)C1. The van der Waals surface area contributed by atoms with Crippen molar-refractivity contribution in [3.05, 3.63) is 0 Å². The molecule has 0 radical (unpaired) electrons. The van der Waals surface area contributed by atoms with E-state index in [1.807, 2.05) is 13.8 Å². The number of hydrogen-bond donors (Lipinski definition) is 2. The Morgan fingerprint density at radius 2 is 2.25 bits per heavy atom. The van der Waals surface area contributed by atoms with Crippen molar-refractivity contribution in [1.29, 1.82) is 0 Å². The predicted molar refractivity (Wildman–Crippen MR) is 64.1 cm³/mol. The summed E-state index contributed by atoms with van der Waals surface area (Å²) in [5, 5.41) is 12.1. The van der Waals surface area contributed by atoms with E-state index in [4.69, 9.17) is 5.11 Å². The molecule has 1 aliphatic heterocycles. The number of carbonyl (C=O) groups excluding carboxylic acids is 1. The number of likely N-dealkylation sites (tertiary alicyclic amines) is 1. The lowest BCUT2D eigenvalue weighted by Crippen LogP contribution is -2.46. The lowest BCUT2D eigenvalue weighted by molar-refractivity contribution is -0.126. The summed E-state index contributed by atoms with van der Waals surface area (Å²) < 4.78 is 0. The van der Waals surface area contributed by atoms with Gasteiger partial charge in [-0.2, -0.15) is 0 Å². The van der Waals surface area contributed by atoms with Crippen LogP contribution in [0.15, 0.2) is 0 Å². The van der Waals surface area contributed by atoms with E-state index in [-0.39, 0.29) is 24.6 Å². The molecular weight excluding hydrogens is 204 g/mol. The fourth-order valence-electron chi connectivity index (χ4n) is 1.99. The molecule has 0 aromatic carbocycles. The first-order valence-electron chi connectivity index (χ1n) is 6.23. The van der Waals surface area contributed by atoms with Crippen LogP contribution in [0.25, 0.3) is 0 Å². The summed E-state index contributed by atoms with van der Waals surface area (Å²) in [7, 11) is 0. The summed E-state index contributed by atoms with van der Waals surface area (Å²) in [5.74, 6) is 0.451. The first kappa shape index (κ1) is 13.5. The number of rotatable bonds is 5. The first-order chi connectivity index (χ1) is 7.58. The fourth-order valence-corrected chi connectivity index (χ4v) is 1.99. The third-order valence-corrected chi connectivity index (χ3v) is 3.50. The zero-order valence-electron chi connectivity index (χ0n) is 10.6. The van der Waals surface area contributed by atoms with Gasteiger partial charge in [0.05, 0.1) is 6.04 Å². The second kappa shape index (κ2) is 6.21. The smallest absolute Gasteiger partial charge is 0.237 e. The highest BCUT2D eigenvalue weighted by Gasteiger charge is 2.29. The molecule has 4 nitrogen and oxygen atoms in total. The largest absolute Gasteiger partial charge is 0.396 e. The Hall–Kier alpha value is -0.610. The van der Waals surface area contributed by atoms with Crippen LogP contribution in [-0.4, -0.2) is 47.7 Å². The van der Waals surface area contributed by atoms with Crippen LogP contribution in [0.4, 0.5) is 0 Å². The maximum absolute atomic E-state index is 11.9. The minimum absolute atomic E-state index is 0.0782. The number of amides is 1. The number of carbonyl (C=O) groups is 1. The lowest BCUT2D eigenvalue weighted by atomic mass is 10.1. The highest BCUT2D eigenvalue weighted by atomic mass is 16.3. The zero-order chi connectivity index (χ0) is 12.1. The van der Waals surface area contributed by atoms with Gasteiger partial charge in [-0.1, -0.05) is 6.92 Å². The number of nitrogens with one attached hydrogen (secondary N) is 1. The molecule has 0 saturated carbocycles. The lowest BCUT2D eigenvalue weighted by Gasteiger charge is -2.24. The highest BCUT2D eigenvalue weighted by molar-refractivity contribution is 5.81. The molecule has 0 aliphatic carbocycles. The number of nitrogens with zero attached hydrogens (tertiary/aromatic N) is 1. The second-order valence-electron chi connectivity index (χ2n) is 4.83. The molecule has 0 bridgehead atoms. The van der Waals surface area contributed by atoms with Gasteiger partial charge in [-0.3, -0.25) is 9.69 Å². The molecule has 0 aromatic heterocycles. The molecule has 0 spiro atoms. The van der Waals surface area contributed by atoms with E-state index in [1.165, 1.54) is 0 Å². The van der Waals surface area contributed by atoms with Gasteiger partial charge in [-0.25, -0.2) is 0 Å². The van der Waals surface area contributed by atoms with E-state index in [2.05, 4.69) is 17.1 Å². The van der Waals surface area contributed by atoms with Crippen LogP contribution in [0.3, 0.4) is 0 Å². The van der Waals surface area contributed by atoms with Crippen molar-refractivity contribution in [3.63, 3.8) is 0 Å². The molecule has 16 heavy (non-hydrogen) atoms. The zero-order valence-corrected chi connectivity index (χ0v) is 10.6.